The van der Waals surface area contributed by atoms with Crippen molar-refractivity contribution in [2.45, 2.75) is 38.3 Å². The molecule has 0 amide bonds. The summed E-state index contributed by atoms with van der Waals surface area (Å²) in [5, 5.41) is 11.7. The van der Waals surface area contributed by atoms with E-state index < -0.39 is 0 Å². The lowest BCUT2D eigenvalue weighted by Gasteiger charge is -2.35. The van der Waals surface area contributed by atoms with Crippen LogP contribution in [0.3, 0.4) is 0 Å². The lowest BCUT2D eigenvalue weighted by atomic mass is 9.94. The van der Waals surface area contributed by atoms with Gasteiger partial charge in [0.25, 0.3) is 0 Å². The number of ether oxygens (including phenoxy) is 1. The number of hydrogen-bond acceptors (Lipinski definition) is 5. The van der Waals surface area contributed by atoms with Crippen molar-refractivity contribution < 1.29 is 4.74 Å². The Kier molecular flexibility index (Phi) is 3.06. The molecule has 3 rings (SSSR count). The third-order valence-corrected chi connectivity index (χ3v) is 3.39. The van der Waals surface area contributed by atoms with Crippen molar-refractivity contribution in [2.24, 2.45) is 0 Å². The van der Waals surface area contributed by atoms with Gasteiger partial charge in [0.05, 0.1) is 11.1 Å². The highest BCUT2D eigenvalue weighted by Gasteiger charge is 2.29. The molecule has 1 aromatic heterocycles. The maximum absolute atomic E-state index is 5.71. The second-order valence-corrected chi connectivity index (χ2v) is 5.57. The van der Waals surface area contributed by atoms with Crippen LogP contribution < -0.4 is 5.32 Å². The van der Waals surface area contributed by atoms with E-state index in [2.05, 4.69) is 34.3 Å². The quantitative estimate of drug-likeness (QED) is 0.896. The molecular formula is C14H18N4O. The summed E-state index contributed by atoms with van der Waals surface area (Å²) >= 11 is 0. The molecule has 1 aromatic carbocycles. The number of fused-ring (bicyclic) bond motifs is 1. The molecule has 1 saturated heterocycles. The van der Waals surface area contributed by atoms with Crippen molar-refractivity contribution in [3.05, 3.63) is 24.3 Å². The summed E-state index contributed by atoms with van der Waals surface area (Å²) in [4.78, 5) is 4.49. The van der Waals surface area contributed by atoms with E-state index in [1.54, 1.807) is 0 Å². The zero-order valence-electron chi connectivity index (χ0n) is 11.3. The Hall–Kier alpha value is -1.75. The highest BCUT2D eigenvalue weighted by atomic mass is 16.5. The van der Waals surface area contributed by atoms with Crippen molar-refractivity contribution in [1.29, 1.82) is 0 Å². The van der Waals surface area contributed by atoms with Gasteiger partial charge < -0.3 is 10.1 Å². The third kappa shape index (κ3) is 2.81. The Morgan fingerprint density at radius 1 is 1.21 bits per heavy atom. The van der Waals surface area contributed by atoms with E-state index in [4.69, 9.17) is 4.74 Å². The van der Waals surface area contributed by atoms with Crippen LogP contribution in [-0.2, 0) is 4.74 Å². The number of hydrogen-bond donors (Lipinski definition) is 1. The summed E-state index contributed by atoms with van der Waals surface area (Å²) in [7, 11) is 0. The fourth-order valence-electron chi connectivity index (χ4n) is 2.48. The van der Waals surface area contributed by atoms with E-state index >= 15 is 0 Å². The Morgan fingerprint density at radius 2 is 2.00 bits per heavy atom. The Bertz CT molecular complexity index is 584. The molecule has 1 atom stereocenters. The molecule has 0 radical (unpaired) electrons. The topological polar surface area (TPSA) is 59.9 Å². The number of nitrogens with zero attached hydrogens (tertiary/aromatic N) is 3. The predicted molar refractivity (Wildman–Crippen MR) is 74.0 cm³/mol. The Labute approximate surface area is 112 Å². The summed E-state index contributed by atoms with van der Waals surface area (Å²) < 4.78 is 5.71. The van der Waals surface area contributed by atoms with Crippen LogP contribution in [-0.4, -0.2) is 33.4 Å². The van der Waals surface area contributed by atoms with Gasteiger partial charge in [0.2, 0.25) is 5.95 Å². The third-order valence-electron chi connectivity index (χ3n) is 3.39. The standard InChI is InChI=1S/C14H18N4O/c1-14(2)9-10(7-8-19-14)15-13-16-11-5-3-4-6-12(11)17-18-13/h3-6,10H,7-9H2,1-2H3,(H,15,16,18). The number of aromatic nitrogens is 3. The second-order valence-electron chi connectivity index (χ2n) is 5.57. The van der Waals surface area contributed by atoms with Crippen molar-refractivity contribution in [3.63, 3.8) is 0 Å². The highest BCUT2D eigenvalue weighted by molar-refractivity contribution is 5.74. The van der Waals surface area contributed by atoms with Gasteiger partial charge in [-0.25, -0.2) is 4.98 Å². The van der Waals surface area contributed by atoms with Crippen LogP contribution in [0.25, 0.3) is 11.0 Å². The molecule has 1 aliphatic heterocycles. The van der Waals surface area contributed by atoms with E-state index in [0.29, 0.717) is 12.0 Å². The summed E-state index contributed by atoms with van der Waals surface area (Å²) in [6.45, 7) is 4.99. The minimum Gasteiger partial charge on any atom is -0.375 e. The molecule has 1 N–H and O–H groups in total. The van der Waals surface area contributed by atoms with Gasteiger partial charge in [-0.2, -0.15) is 0 Å². The molecule has 5 nitrogen and oxygen atoms in total. The van der Waals surface area contributed by atoms with Crippen LogP contribution in [0.1, 0.15) is 26.7 Å². The number of nitrogens with one attached hydrogen (secondary N) is 1. The van der Waals surface area contributed by atoms with Crippen molar-refractivity contribution in [3.8, 4) is 0 Å². The smallest absolute Gasteiger partial charge is 0.243 e. The molecule has 2 aromatic rings. The number of anilines is 1. The number of benzene rings is 1. The van der Waals surface area contributed by atoms with Crippen molar-refractivity contribution in [1.82, 2.24) is 15.2 Å². The number of para-hydroxylation sites is 1. The van der Waals surface area contributed by atoms with Gasteiger partial charge in [-0.3, -0.25) is 0 Å². The average Bonchev–Trinajstić information content (AvgIpc) is 2.37. The SMILES string of the molecule is CC1(C)CC(Nc2nnc3ccccc3n2)CCO1. The Morgan fingerprint density at radius 3 is 2.79 bits per heavy atom. The molecule has 100 valence electrons. The predicted octanol–water partition coefficient (Wildman–Crippen LogP) is 2.39. The monoisotopic (exact) mass is 258 g/mol. The largest absolute Gasteiger partial charge is 0.375 e. The second kappa shape index (κ2) is 4.74. The van der Waals surface area contributed by atoms with E-state index in [1.807, 2.05) is 24.3 Å². The maximum Gasteiger partial charge on any atom is 0.243 e. The normalized spacial score (nSPS) is 22.3. The highest BCUT2D eigenvalue weighted by Crippen LogP contribution is 2.25. The van der Waals surface area contributed by atoms with Gasteiger partial charge in [0.1, 0.15) is 5.52 Å². The fourth-order valence-corrected chi connectivity index (χ4v) is 2.48. The summed E-state index contributed by atoms with van der Waals surface area (Å²) in [6.07, 6.45) is 1.92. The zero-order valence-corrected chi connectivity index (χ0v) is 11.3. The maximum atomic E-state index is 5.71. The summed E-state index contributed by atoms with van der Waals surface area (Å²) in [5.41, 5.74) is 1.60. The van der Waals surface area contributed by atoms with E-state index in [1.165, 1.54) is 0 Å². The molecule has 1 aliphatic rings. The van der Waals surface area contributed by atoms with Gasteiger partial charge in [-0.05, 0) is 38.8 Å². The summed E-state index contributed by atoms with van der Waals surface area (Å²) in [5.74, 6) is 0.599. The lowest BCUT2D eigenvalue weighted by Crippen LogP contribution is -2.40. The summed E-state index contributed by atoms with van der Waals surface area (Å²) in [6, 6.07) is 8.09. The van der Waals surface area contributed by atoms with E-state index in [9.17, 15) is 0 Å². The van der Waals surface area contributed by atoms with Crippen LogP contribution in [0.4, 0.5) is 5.95 Å². The van der Waals surface area contributed by atoms with E-state index in [-0.39, 0.29) is 5.60 Å². The molecule has 1 unspecified atom stereocenters. The fraction of sp³-hybridized carbons (Fsp3) is 0.500. The van der Waals surface area contributed by atoms with Gasteiger partial charge >= 0.3 is 0 Å². The lowest BCUT2D eigenvalue weighted by molar-refractivity contribution is -0.0554. The van der Waals surface area contributed by atoms with E-state index in [0.717, 1.165) is 30.5 Å². The van der Waals surface area contributed by atoms with Gasteiger partial charge in [0, 0.05) is 12.6 Å². The van der Waals surface area contributed by atoms with Crippen LogP contribution in [0.5, 0.6) is 0 Å². The first kappa shape index (κ1) is 12.3. The minimum absolute atomic E-state index is 0.0831. The molecule has 0 bridgehead atoms. The average molecular weight is 258 g/mol. The Balaban J connectivity index is 1.77. The number of rotatable bonds is 2. The van der Waals surface area contributed by atoms with Gasteiger partial charge in [0.15, 0.2) is 0 Å². The minimum atomic E-state index is -0.0831. The van der Waals surface area contributed by atoms with Gasteiger partial charge in [-0.1, -0.05) is 12.1 Å². The molecule has 1 fully saturated rings. The van der Waals surface area contributed by atoms with Crippen LogP contribution in [0, 0.1) is 0 Å². The first-order valence-electron chi connectivity index (χ1n) is 6.62. The molecule has 0 saturated carbocycles. The van der Waals surface area contributed by atoms with Gasteiger partial charge in [-0.15, -0.1) is 10.2 Å². The molecule has 2 heterocycles. The first-order chi connectivity index (χ1) is 9.12. The van der Waals surface area contributed by atoms with Crippen molar-refractivity contribution >= 4 is 17.0 Å². The molecule has 0 aliphatic carbocycles. The van der Waals surface area contributed by atoms with Crippen LogP contribution in [0.15, 0.2) is 24.3 Å². The van der Waals surface area contributed by atoms with Crippen LogP contribution in [0.2, 0.25) is 0 Å². The van der Waals surface area contributed by atoms with Crippen LogP contribution >= 0.6 is 0 Å². The zero-order chi connectivity index (χ0) is 13.3. The van der Waals surface area contributed by atoms with Crippen molar-refractivity contribution in [2.75, 3.05) is 11.9 Å². The molecular weight excluding hydrogens is 240 g/mol. The molecule has 19 heavy (non-hydrogen) atoms. The molecule has 0 spiro atoms. The molecule has 5 heteroatoms. The first-order valence-corrected chi connectivity index (χ1v) is 6.62.